The molecule has 0 bridgehead atoms. The molecular formula is C12H18FN3O2. The zero-order valence-electron chi connectivity index (χ0n) is 10.9. The SMILES string of the molecule is CCc1ncnc(N(C)CCCC(=O)OC)c1F. The van der Waals surface area contributed by atoms with Gasteiger partial charge in [-0.25, -0.2) is 14.4 Å². The van der Waals surface area contributed by atoms with E-state index in [0.717, 1.165) is 0 Å². The third-order valence-electron chi connectivity index (χ3n) is 2.64. The van der Waals surface area contributed by atoms with Crippen molar-refractivity contribution in [3.8, 4) is 0 Å². The maximum Gasteiger partial charge on any atom is 0.305 e. The van der Waals surface area contributed by atoms with Crippen LogP contribution < -0.4 is 4.90 Å². The number of halogens is 1. The van der Waals surface area contributed by atoms with Gasteiger partial charge in [0, 0.05) is 20.0 Å². The standard InChI is InChI=1S/C12H18FN3O2/c1-4-9-11(13)12(15-8-14-9)16(2)7-5-6-10(17)18-3/h8H,4-7H2,1-3H3. The fourth-order valence-corrected chi connectivity index (χ4v) is 1.58. The second-order valence-electron chi connectivity index (χ2n) is 3.91. The molecule has 0 fully saturated rings. The van der Waals surface area contributed by atoms with Crippen LogP contribution >= 0.6 is 0 Å². The van der Waals surface area contributed by atoms with Gasteiger partial charge in [-0.2, -0.15) is 0 Å². The quantitative estimate of drug-likeness (QED) is 0.722. The number of hydrogen-bond acceptors (Lipinski definition) is 5. The number of esters is 1. The molecule has 0 radical (unpaired) electrons. The van der Waals surface area contributed by atoms with Crippen LogP contribution in [0, 0.1) is 5.82 Å². The van der Waals surface area contributed by atoms with Gasteiger partial charge in [0.15, 0.2) is 11.6 Å². The molecule has 0 unspecified atom stereocenters. The van der Waals surface area contributed by atoms with Gasteiger partial charge in [0.05, 0.1) is 12.8 Å². The molecule has 0 amide bonds. The average Bonchev–Trinajstić information content (AvgIpc) is 2.38. The van der Waals surface area contributed by atoms with Crippen LogP contribution in [-0.2, 0) is 16.0 Å². The Morgan fingerprint density at radius 1 is 1.50 bits per heavy atom. The molecule has 6 heteroatoms. The van der Waals surface area contributed by atoms with Crippen LogP contribution in [0.5, 0.6) is 0 Å². The number of aryl methyl sites for hydroxylation is 1. The number of methoxy groups -OCH3 is 1. The summed E-state index contributed by atoms with van der Waals surface area (Å²) in [5, 5.41) is 0. The van der Waals surface area contributed by atoms with Gasteiger partial charge in [-0.1, -0.05) is 6.92 Å². The normalized spacial score (nSPS) is 10.2. The summed E-state index contributed by atoms with van der Waals surface area (Å²) < 4.78 is 18.5. The summed E-state index contributed by atoms with van der Waals surface area (Å²) >= 11 is 0. The van der Waals surface area contributed by atoms with Crippen molar-refractivity contribution in [1.29, 1.82) is 0 Å². The van der Waals surface area contributed by atoms with Crippen molar-refractivity contribution in [2.75, 3.05) is 25.6 Å². The van der Waals surface area contributed by atoms with Gasteiger partial charge in [0.2, 0.25) is 0 Å². The molecule has 0 aliphatic heterocycles. The Bertz CT molecular complexity index is 412. The molecule has 18 heavy (non-hydrogen) atoms. The molecule has 0 aliphatic carbocycles. The Morgan fingerprint density at radius 3 is 2.83 bits per heavy atom. The van der Waals surface area contributed by atoms with Crippen LogP contribution in [0.25, 0.3) is 0 Å². The van der Waals surface area contributed by atoms with Crippen molar-refractivity contribution in [3.63, 3.8) is 0 Å². The minimum atomic E-state index is -0.388. The van der Waals surface area contributed by atoms with E-state index in [2.05, 4.69) is 14.7 Å². The number of carbonyl (C=O) groups excluding carboxylic acids is 1. The number of ether oxygens (including phenoxy) is 1. The second kappa shape index (κ2) is 6.88. The first-order valence-electron chi connectivity index (χ1n) is 5.87. The summed E-state index contributed by atoms with van der Waals surface area (Å²) in [6.07, 6.45) is 2.79. The van der Waals surface area contributed by atoms with Gasteiger partial charge in [-0.15, -0.1) is 0 Å². The number of nitrogens with zero attached hydrogens (tertiary/aromatic N) is 3. The van der Waals surface area contributed by atoms with Gasteiger partial charge in [0.25, 0.3) is 0 Å². The predicted molar refractivity (Wildman–Crippen MR) is 65.9 cm³/mol. The van der Waals surface area contributed by atoms with Crippen LogP contribution in [0.15, 0.2) is 6.33 Å². The molecule has 5 nitrogen and oxygen atoms in total. The van der Waals surface area contributed by atoms with Crippen LogP contribution in [0.3, 0.4) is 0 Å². The van der Waals surface area contributed by atoms with E-state index in [-0.39, 0.29) is 17.6 Å². The molecule has 0 N–H and O–H groups in total. The summed E-state index contributed by atoms with van der Waals surface area (Å²) in [6.45, 7) is 2.37. The maximum atomic E-state index is 13.9. The highest BCUT2D eigenvalue weighted by molar-refractivity contribution is 5.69. The Morgan fingerprint density at radius 2 is 2.22 bits per heavy atom. The van der Waals surface area contributed by atoms with Gasteiger partial charge < -0.3 is 9.64 Å². The first kappa shape index (κ1) is 14.3. The average molecular weight is 255 g/mol. The topological polar surface area (TPSA) is 55.3 Å². The van der Waals surface area contributed by atoms with E-state index in [9.17, 15) is 9.18 Å². The zero-order valence-corrected chi connectivity index (χ0v) is 10.9. The molecule has 0 spiro atoms. The molecule has 1 aromatic heterocycles. The maximum absolute atomic E-state index is 13.9. The summed E-state index contributed by atoms with van der Waals surface area (Å²) in [5.41, 5.74) is 0.403. The van der Waals surface area contributed by atoms with Gasteiger partial charge >= 0.3 is 5.97 Å². The van der Waals surface area contributed by atoms with E-state index in [1.165, 1.54) is 13.4 Å². The fourth-order valence-electron chi connectivity index (χ4n) is 1.58. The lowest BCUT2D eigenvalue weighted by molar-refractivity contribution is -0.140. The van der Waals surface area contributed by atoms with E-state index in [4.69, 9.17) is 0 Å². The van der Waals surface area contributed by atoms with E-state index in [0.29, 0.717) is 31.5 Å². The van der Waals surface area contributed by atoms with E-state index in [1.54, 1.807) is 11.9 Å². The highest BCUT2D eigenvalue weighted by Gasteiger charge is 2.13. The lowest BCUT2D eigenvalue weighted by Gasteiger charge is -2.18. The fraction of sp³-hybridized carbons (Fsp3) is 0.583. The van der Waals surface area contributed by atoms with E-state index < -0.39 is 0 Å². The van der Waals surface area contributed by atoms with Crippen molar-refractivity contribution in [3.05, 3.63) is 17.8 Å². The second-order valence-corrected chi connectivity index (χ2v) is 3.91. The van der Waals surface area contributed by atoms with E-state index >= 15 is 0 Å². The van der Waals surface area contributed by atoms with Crippen LogP contribution in [0.1, 0.15) is 25.5 Å². The zero-order chi connectivity index (χ0) is 13.5. The minimum Gasteiger partial charge on any atom is -0.469 e. The molecule has 0 aromatic carbocycles. The Hall–Kier alpha value is -1.72. The highest BCUT2D eigenvalue weighted by Crippen LogP contribution is 2.17. The number of aromatic nitrogens is 2. The van der Waals surface area contributed by atoms with E-state index in [1.807, 2.05) is 6.92 Å². The van der Waals surface area contributed by atoms with Crippen LogP contribution in [0.4, 0.5) is 10.2 Å². The van der Waals surface area contributed by atoms with Crippen molar-refractivity contribution in [2.24, 2.45) is 0 Å². The largest absolute Gasteiger partial charge is 0.469 e. The number of anilines is 1. The summed E-state index contributed by atoms with van der Waals surface area (Å²) in [4.78, 5) is 20.4. The Balaban J connectivity index is 2.61. The number of rotatable bonds is 6. The van der Waals surface area contributed by atoms with Gasteiger partial charge in [0.1, 0.15) is 6.33 Å². The summed E-state index contributed by atoms with van der Waals surface area (Å²) in [7, 11) is 3.09. The van der Waals surface area contributed by atoms with Crippen molar-refractivity contribution < 1.29 is 13.9 Å². The lowest BCUT2D eigenvalue weighted by atomic mass is 10.2. The Labute approximate surface area is 106 Å². The lowest BCUT2D eigenvalue weighted by Crippen LogP contribution is -2.22. The molecule has 0 saturated heterocycles. The van der Waals surface area contributed by atoms with Crippen LogP contribution in [-0.4, -0.2) is 36.6 Å². The number of carbonyl (C=O) groups is 1. The third kappa shape index (κ3) is 3.65. The molecular weight excluding hydrogens is 237 g/mol. The summed E-state index contributed by atoms with van der Waals surface area (Å²) in [5.74, 6) is -0.381. The first-order chi connectivity index (χ1) is 8.60. The summed E-state index contributed by atoms with van der Waals surface area (Å²) in [6, 6.07) is 0. The molecule has 1 rings (SSSR count). The van der Waals surface area contributed by atoms with Crippen molar-refractivity contribution in [2.45, 2.75) is 26.2 Å². The molecule has 1 aromatic rings. The minimum absolute atomic E-state index is 0.263. The van der Waals surface area contributed by atoms with Crippen molar-refractivity contribution >= 4 is 11.8 Å². The first-order valence-corrected chi connectivity index (χ1v) is 5.87. The Kier molecular flexibility index (Phi) is 5.48. The third-order valence-corrected chi connectivity index (χ3v) is 2.64. The molecule has 0 atom stereocenters. The predicted octanol–water partition coefficient (Wildman–Crippen LogP) is 1.57. The monoisotopic (exact) mass is 255 g/mol. The van der Waals surface area contributed by atoms with Crippen molar-refractivity contribution in [1.82, 2.24) is 9.97 Å². The van der Waals surface area contributed by atoms with Gasteiger partial charge in [-0.05, 0) is 12.8 Å². The van der Waals surface area contributed by atoms with Gasteiger partial charge in [-0.3, -0.25) is 4.79 Å². The molecule has 100 valence electrons. The molecule has 1 heterocycles. The highest BCUT2D eigenvalue weighted by atomic mass is 19.1. The molecule has 0 aliphatic rings. The molecule has 0 saturated carbocycles. The smallest absolute Gasteiger partial charge is 0.305 e. The number of hydrogen-bond donors (Lipinski definition) is 0. The van der Waals surface area contributed by atoms with Crippen LogP contribution in [0.2, 0.25) is 0 Å².